The van der Waals surface area contributed by atoms with E-state index in [1.807, 2.05) is 4.90 Å². The lowest BCUT2D eigenvalue weighted by atomic mass is 10.1. The van der Waals surface area contributed by atoms with E-state index < -0.39 is 18.0 Å². The Morgan fingerprint density at radius 3 is 2.38 bits per heavy atom. The largest absolute Gasteiger partial charge is 0.480 e. The maximum atomic E-state index is 11.8. The van der Waals surface area contributed by atoms with Crippen LogP contribution in [0.4, 0.5) is 0 Å². The van der Waals surface area contributed by atoms with Gasteiger partial charge in [0.15, 0.2) is 0 Å². The summed E-state index contributed by atoms with van der Waals surface area (Å²) < 4.78 is 10.5. The Bertz CT molecular complexity index is 355. The van der Waals surface area contributed by atoms with Gasteiger partial charge in [-0.3, -0.25) is 14.5 Å². The summed E-state index contributed by atoms with van der Waals surface area (Å²) in [6.07, 6.45) is 8.95. The van der Waals surface area contributed by atoms with Crippen molar-refractivity contribution in [2.75, 3.05) is 32.9 Å². The van der Waals surface area contributed by atoms with Crippen molar-refractivity contribution in [1.82, 2.24) is 4.90 Å². The van der Waals surface area contributed by atoms with Crippen molar-refractivity contribution in [2.45, 2.75) is 70.8 Å². The molecule has 1 N–H and O–H groups in total. The van der Waals surface area contributed by atoms with Gasteiger partial charge >= 0.3 is 11.9 Å². The molecule has 0 aromatic rings. The van der Waals surface area contributed by atoms with Crippen molar-refractivity contribution in [2.24, 2.45) is 0 Å². The predicted molar refractivity (Wildman–Crippen MR) is 92.0 cm³/mol. The molecule has 0 aliphatic carbocycles. The molecule has 0 radical (unpaired) electrons. The second kappa shape index (κ2) is 13.2. The Kier molecular flexibility index (Phi) is 11.5. The van der Waals surface area contributed by atoms with Gasteiger partial charge in [0, 0.05) is 6.61 Å². The van der Waals surface area contributed by atoms with E-state index in [-0.39, 0.29) is 13.0 Å². The second-order valence-electron chi connectivity index (χ2n) is 6.40. The number of hydrogen-bond donors (Lipinski definition) is 1. The third-order valence-electron chi connectivity index (χ3n) is 4.36. The molecule has 24 heavy (non-hydrogen) atoms. The van der Waals surface area contributed by atoms with Crippen molar-refractivity contribution in [3.05, 3.63) is 0 Å². The summed E-state index contributed by atoms with van der Waals surface area (Å²) in [7, 11) is 0. The topological polar surface area (TPSA) is 76.1 Å². The standard InChI is InChI=1S/C18H33NO5/c1-2-3-4-5-9-12-23-13-14-24-17(20)15-16(18(21)22)19-10-7-6-8-11-19/h16H,2-15H2,1H3,(H,21,22). The monoisotopic (exact) mass is 343 g/mol. The first kappa shape index (κ1) is 20.9. The van der Waals surface area contributed by atoms with Gasteiger partial charge in [0.2, 0.25) is 0 Å². The molecule has 0 bridgehead atoms. The van der Waals surface area contributed by atoms with Crippen LogP contribution >= 0.6 is 0 Å². The summed E-state index contributed by atoms with van der Waals surface area (Å²) in [5.41, 5.74) is 0. The summed E-state index contributed by atoms with van der Waals surface area (Å²) in [6.45, 7) is 4.93. The number of carbonyl (C=O) groups excluding carboxylic acids is 1. The Morgan fingerprint density at radius 1 is 1.00 bits per heavy atom. The van der Waals surface area contributed by atoms with Crippen molar-refractivity contribution in [1.29, 1.82) is 0 Å². The van der Waals surface area contributed by atoms with Crippen molar-refractivity contribution < 1.29 is 24.2 Å². The van der Waals surface area contributed by atoms with Crippen LogP contribution in [0.1, 0.15) is 64.7 Å². The zero-order chi connectivity index (χ0) is 17.6. The Labute approximate surface area is 145 Å². The first-order valence-corrected chi connectivity index (χ1v) is 9.35. The second-order valence-corrected chi connectivity index (χ2v) is 6.40. The van der Waals surface area contributed by atoms with Gasteiger partial charge in [-0.05, 0) is 32.4 Å². The molecule has 1 aliphatic heterocycles. The lowest BCUT2D eigenvalue weighted by Gasteiger charge is -2.31. The van der Waals surface area contributed by atoms with Crippen LogP contribution in [-0.4, -0.2) is 60.9 Å². The molecule has 1 atom stereocenters. The molecular weight excluding hydrogens is 310 g/mol. The highest BCUT2D eigenvalue weighted by atomic mass is 16.6. The number of carbonyl (C=O) groups is 2. The Hall–Kier alpha value is -1.14. The number of hydrogen-bond acceptors (Lipinski definition) is 5. The number of carboxylic acids is 1. The molecule has 1 fully saturated rings. The molecule has 0 aromatic carbocycles. The fourth-order valence-electron chi connectivity index (χ4n) is 2.94. The minimum absolute atomic E-state index is 0.0909. The quantitative estimate of drug-likeness (QED) is 0.409. The van der Waals surface area contributed by atoms with E-state index in [2.05, 4.69) is 6.92 Å². The van der Waals surface area contributed by atoms with Crippen LogP contribution in [0.2, 0.25) is 0 Å². The molecule has 1 saturated heterocycles. The fourth-order valence-corrected chi connectivity index (χ4v) is 2.94. The zero-order valence-corrected chi connectivity index (χ0v) is 15.0. The average molecular weight is 343 g/mol. The van der Waals surface area contributed by atoms with E-state index in [0.29, 0.717) is 13.2 Å². The molecule has 0 amide bonds. The highest BCUT2D eigenvalue weighted by Gasteiger charge is 2.29. The maximum Gasteiger partial charge on any atom is 0.321 e. The molecule has 1 unspecified atom stereocenters. The maximum absolute atomic E-state index is 11.8. The molecule has 140 valence electrons. The van der Waals surface area contributed by atoms with Gasteiger partial charge in [-0.25, -0.2) is 0 Å². The van der Waals surface area contributed by atoms with E-state index in [9.17, 15) is 14.7 Å². The highest BCUT2D eigenvalue weighted by molar-refractivity contribution is 5.81. The van der Waals surface area contributed by atoms with Crippen LogP contribution in [0.5, 0.6) is 0 Å². The van der Waals surface area contributed by atoms with E-state index in [1.165, 1.54) is 25.7 Å². The number of esters is 1. The fraction of sp³-hybridized carbons (Fsp3) is 0.889. The number of carboxylic acid groups (broad SMARTS) is 1. The normalized spacial score (nSPS) is 16.7. The van der Waals surface area contributed by atoms with Gasteiger partial charge in [-0.1, -0.05) is 39.0 Å². The van der Waals surface area contributed by atoms with Crippen LogP contribution in [0, 0.1) is 0 Å². The van der Waals surface area contributed by atoms with Gasteiger partial charge in [0.1, 0.15) is 12.6 Å². The lowest BCUT2D eigenvalue weighted by Crippen LogP contribution is -2.45. The highest BCUT2D eigenvalue weighted by Crippen LogP contribution is 2.15. The number of piperidine rings is 1. The molecule has 0 saturated carbocycles. The lowest BCUT2D eigenvalue weighted by molar-refractivity contribution is -0.154. The Balaban J connectivity index is 2.09. The third-order valence-corrected chi connectivity index (χ3v) is 4.36. The number of likely N-dealkylation sites (tertiary alicyclic amines) is 1. The van der Waals surface area contributed by atoms with Crippen molar-refractivity contribution in [3.8, 4) is 0 Å². The van der Waals surface area contributed by atoms with Crippen LogP contribution < -0.4 is 0 Å². The van der Waals surface area contributed by atoms with Crippen LogP contribution in [0.3, 0.4) is 0 Å². The average Bonchev–Trinajstić information content (AvgIpc) is 2.58. The minimum Gasteiger partial charge on any atom is -0.480 e. The number of ether oxygens (including phenoxy) is 2. The predicted octanol–water partition coefficient (Wildman–Crippen LogP) is 2.85. The van der Waals surface area contributed by atoms with Crippen molar-refractivity contribution in [3.63, 3.8) is 0 Å². The molecule has 0 aromatic heterocycles. The molecule has 1 heterocycles. The van der Waals surface area contributed by atoms with Crippen molar-refractivity contribution >= 4 is 11.9 Å². The molecular formula is C18H33NO5. The first-order chi connectivity index (χ1) is 11.6. The molecule has 1 rings (SSSR count). The van der Waals surface area contributed by atoms with Gasteiger partial charge in [0.25, 0.3) is 0 Å². The van der Waals surface area contributed by atoms with E-state index in [0.717, 1.165) is 38.8 Å². The Morgan fingerprint density at radius 2 is 1.71 bits per heavy atom. The molecule has 6 heteroatoms. The molecule has 1 aliphatic rings. The van der Waals surface area contributed by atoms with E-state index in [1.54, 1.807) is 0 Å². The molecule has 0 spiro atoms. The van der Waals surface area contributed by atoms with E-state index in [4.69, 9.17) is 9.47 Å². The zero-order valence-electron chi connectivity index (χ0n) is 15.0. The van der Waals surface area contributed by atoms with Gasteiger partial charge in [-0.15, -0.1) is 0 Å². The van der Waals surface area contributed by atoms with Crippen LogP contribution in [-0.2, 0) is 19.1 Å². The van der Waals surface area contributed by atoms with E-state index >= 15 is 0 Å². The summed E-state index contributed by atoms with van der Waals surface area (Å²) >= 11 is 0. The number of aliphatic carboxylic acids is 1. The van der Waals surface area contributed by atoms with Gasteiger partial charge in [0.05, 0.1) is 13.0 Å². The minimum atomic E-state index is -0.947. The summed E-state index contributed by atoms with van der Waals surface area (Å²) in [5.74, 6) is -1.41. The number of nitrogens with zero attached hydrogens (tertiary/aromatic N) is 1. The number of unbranched alkanes of at least 4 members (excludes halogenated alkanes) is 4. The third kappa shape index (κ3) is 9.23. The summed E-state index contributed by atoms with van der Waals surface area (Å²) in [4.78, 5) is 25.1. The summed E-state index contributed by atoms with van der Waals surface area (Å²) in [5, 5.41) is 9.33. The van der Waals surface area contributed by atoms with Crippen LogP contribution in [0.25, 0.3) is 0 Å². The smallest absolute Gasteiger partial charge is 0.321 e. The van der Waals surface area contributed by atoms with Gasteiger partial charge < -0.3 is 14.6 Å². The number of rotatable bonds is 13. The first-order valence-electron chi connectivity index (χ1n) is 9.35. The molecule has 6 nitrogen and oxygen atoms in total. The van der Waals surface area contributed by atoms with Crippen LogP contribution in [0.15, 0.2) is 0 Å². The SMILES string of the molecule is CCCCCCCOCCOC(=O)CC(C(=O)O)N1CCCCC1. The van der Waals surface area contributed by atoms with Gasteiger partial charge in [-0.2, -0.15) is 0 Å². The summed E-state index contributed by atoms with van der Waals surface area (Å²) in [6, 6.07) is -0.766.